The smallest absolute Gasteiger partial charge is 0.251 e. The fourth-order valence-electron chi connectivity index (χ4n) is 2.96. The lowest BCUT2D eigenvalue weighted by molar-refractivity contribution is 0.0950. The predicted octanol–water partition coefficient (Wildman–Crippen LogP) is 2.23. The van der Waals surface area contributed by atoms with Crippen LogP contribution in [0, 0.1) is 0 Å². The highest BCUT2D eigenvalue weighted by Gasteiger charge is 2.22. The van der Waals surface area contributed by atoms with E-state index in [1.54, 1.807) is 61.4 Å². The first kappa shape index (κ1) is 20.7. The van der Waals surface area contributed by atoms with Gasteiger partial charge < -0.3 is 5.32 Å². The summed E-state index contributed by atoms with van der Waals surface area (Å²) < 4.78 is 28.4. The van der Waals surface area contributed by atoms with Crippen molar-refractivity contribution in [3.05, 3.63) is 72.2 Å². The predicted molar refractivity (Wildman–Crippen MR) is 109 cm³/mol. The van der Waals surface area contributed by atoms with Gasteiger partial charge in [0, 0.05) is 49.4 Å². The van der Waals surface area contributed by atoms with E-state index in [-0.39, 0.29) is 22.9 Å². The molecule has 1 aromatic carbocycles. The largest absolute Gasteiger partial charge is 0.348 e. The average Bonchev–Trinajstić information content (AvgIpc) is 3.28. The van der Waals surface area contributed by atoms with Crippen molar-refractivity contribution in [3.63, 3.8) is 0 Å². The number of amides is 1. The van der Waals surface area contributed by atoms with E-state index in [0.29, 0.717) is 18.9 Å². The van der Waals surface area contributed by atoms with Crippen LogP contribution in [0.15, 0.2) is 66.0 Å². The maximum Gasteiger partial charge on any atom is 0.251 e. The molecule has 0 unspecified atom stereocenters. The molecule has 0 bridgehead atoms. The zero-order valence-corrected chi connectivity index (χ0v) is 17.1. The summed E-state index contributed by atoms with van der Waals surface area (Å²) in [7, 11) is -3.63. The molecule has 0 saturated carbocycles. The first-order valence-electron chi connectivity index (χ1n) is 9.29. The zero-order valence-electron chi connectivity index (χ0n) is 16.3. The van der Waals surface area contributed by atoms with Gasteiger partial charge in [-0.3, -0.25) is 4.79 Å². The van der Waals surface area contributed by atoms with E-state index in [1.165, 1.54) is 16.4 Å². The Hall–Kier alpha value is -3.04. The zero-order chi connectivity index (χ0) is 20.9. The normalized spacial score (nSPS) is 11.6. The Balaban J connectivity index is 1.78. The molecule has 0 aliphatic rings. The summed E-state index contributed by atoms with van der Waals surface area (Å²) in [6, 6.07) is 11.5. The number of rotatable bonds is 8. The highest BCUT2D eigenvalue weighted by Crippen LogP contribution is 2.17. The minimum absolute atomic E-state index is 0.104. The molecule has 8 nitrogen and oxygen atoms in total. The lowest BCUT2D eigenvalue weighted by Crippen LogP contribution is -2.31. The van der Waals surface area contributed by atoms with Crippen LogP contribution in [-0.4, -0.2) is 46.5 Å². The second-order valence-corrected chi connectivity index (χ2v) is 8.17. The van der Waals surface area contributed by atoms with Crippen LogP contribution in [0.25, 0.3) is 5.82 Å². The van der Waals surface area contributed by atoms with E-state index < -0.39 is 10.0 Å². The van der Waals surface area contributed by atoms with Gasteiger partial charge in [0.25, 0.3) is 5.91 Å². The van der Waals surface area contributed by atoms with Crippen LogP contribution < -0.4 is 5.32 Å². The molecule has 0 atom stereocenters. The van der Waals surface area contributed by atoms with Crippen molar-refractivity contribution in [3.8, 4) is 5.82 Å². The van der Waals surface area contributed by atoms with E-state index in [4.69, 9.17) is 0 Å². The van der Waals surface area contributed by atoms with Gasteiger partial charge in [-0.1, -0.05) is 26.0 Å². The Morgan fingerprint density at radius 1 is 1.10 bits per heavy atom. The van der Waals surface area contributed by atoms with Gasteiger partial charge in [-0.15, -0.1) is 0 Å². The number of hydrogen-bond donors (Lipinski definition) is 1. The maximum absolute atomic E-state index is 12.7. The Morgan fingerprint density at radius 2 is 1.90 bits per heavy atom. The van der Waals surface area contributed by atoms with Gasteiger partial charge in [0.1, 0.15) is 0 Å². The number of sulfonamides is 1. The van der Waals surface area contributed by atoms with Gasteiger partial charge in [-0.05, 0) is 30.3 Å². The van der Waals surface area contributed by atoms with Crippen LogP contribution in [0.3, 0.4) is 0 Å². The second kappa shape index (κ2) is 8.97. The molecule has 1 amide bonds. The van der Waals surface area contributed by atoms with Gasteiger partial charge in [-0.2, -0.15) is 9.40 Å². The molecule has 0 radical (unpaired) electrons. The number of benzene rings is 1. The van der Waals surface area contributed by atoms with E-state index in [0.717, 1.165) is 5.56 Å². The fraction of sp³-hybridized carbons (Fsp3) is 0.250. The number of carbonyl (C=O) groups excluding carboxylic acids is 1. The first-order valence-corrected chi connectivity index (χ1v) is 10.7. The van der Waals surface area contributed by atoms with Crippen molar-refractivity contribution in [1.82, 2.24) is 24.4 Å². The SMILES string of the molecule is CCN(CC)S(=O)(=O)c1cccc(C(=O)NCc2cccnc2-n2cccn2)c1. The van der Waals surface area contributed by atoms with Gasteiger partial charge in [0.15, 0.2) is 5.82 Å². The van der Waals surface area contributed by atoms with Crippen LogP contribution in [0.2, 0.25) is 0 Å². The van der Waals surface area contributed by atoms with Crippen LogP contribution in [0.1, 0.15) is 29.8 Å². The summed E-state index contributed by atoms with van der Waals surface area (Å²) in [4.78, 5) is 17.1. The topological polar surface area (TPSA) is 97.2 Å². The highest BCUT2D eigenvalue weighted by molar-refractivity contribution is 7.89. The van der Waals surface area contributed by atoms with Crippen molar-refractivity contribution in [2.75, 3.05) is 13.1 Å². The molecular formula is C20H23N5O3S. The maximum atomic E-state index is 12.7. The molecule has 0 saturated heterocycles. The molecule has 3 rings (SSSR count). The van der Waals surface area contributed by atoms with Crippen molar-refractivity contribution in [2.45, 2.75) is 25.3 Å². The van der Waals surface area contributed by atoms with Gasteiger partial charge >= 0.3 is 0 Å². The van der Waals surface area contributed by atoms with E-state index in [2.05, 4.69) is 15.4 Å². The summed E-state index contributed by atoms with van der Waals surface area (Å²) in [5.74, 6) is 0.257. The molecule has 0 aliphatic carbocycles. The molecule has 0 aliphatic heterocycles. The van der Waals surface area contributed by atoms with Crippen molar-refractivity contribution in [2.24, 2.45) is 0 Å². The Bertz CT molecular complexity index is 1080. The van der Waals surface area contributed by atoms with E-state index in [1.807, 2.05) is 6.07 Å². The number of carbonyl (C=O) groups is 1. The van der Waals surface area contributed by atoms with E-state index in [9.17, 15) is 13.2 Å². The average molecular weight is 414 g/mol. The van der Waals surface area contributed by atoms with Crippen molar-refractivity contribution < 1.29 is 13.2 Å². The number of hydrogen-bond acceptors (Lipinski definition) is 5. The highest BCUT2D eigenvalue weighted by atomic mass is 32.2. The number of nitrogens with zero attached hydrogens (tertiary/aromatic N) is 4. The Morgan fingerprint density at radius 3 is 2.59 bits per heavy atom. The van der Waals surface area contributed by atoms with Crippen LogP contribution in [0.5, 0.6) is 0 Å². The third-order valence-corrected chi connectivity index (χ3v) is 6.51. The van der Waals surface area contributed by atoms with Crippen LogP contribution in [0.4, 0.5) is 0 Å². The standard InChI is InChI=1S/C20H23N5O3S/c1-3-24(4-2)29(27,28)18-10-5-8-16(14-18)20(26)22-15-17-9-6-11-21-19(17)25-13-7-12-23-25/h5-14H,3-4,15H2,1-2H3,(H,22,26). The van der Waals surface area contributed by atoms with Crippen molar-refractivity contribution in [1.29, 1.82) is 0 Å². The molecule has 1 N–H and O–H groups in total. The Kier molecular flexibility index (Phi) is 6.40. The summed E-state index contributed by atoms with van der Waals surface area (Å²) in [6.45, 7) is 4.53. The second-order valence-electron chi connectivity index (χ2n) is 6.24. The molecule has 2 aromatic heterocycles. The van der Waals surface area contributed by atoms with Gasteiger partial charge in [-0.25, -0.2) is 18.1 Å². The summed E-state index contributed by atoms with van der Waals surface area (Å²) in [5, 5.41) is 7.00. The minimum atomic E-state index is -3.63. The minimum Gasteiger partial charge on any atom is -0.348 e. The van der Waals surface area contributed by atoms with Gasteiger partial charge in [0.2, 0.25) is 10.0 Å². The third kappa shape index (κ3) is 4.52. The third-order valence-electron chi connectivity index (χ3n) is 4.47. The number of pyridine rings is 1. The summed E-state index contributed by atoms with van der Waals surface area (Å²) in [5.41, 5.74) is 1.07. The molecule has 2 heterocycles. The molecule has 0 fully saturated rings. The molecule has 9 heteroatoms. The molecule has 3 aromatic rings. The Labute approximate surface area is 170 Å². The monoisotopic (exact) mass is 413 g/mol. The molecule has 0 spiro atoms. The fourth-order valence-corrected chi connectivity index (χ4v) is 4.46. The molecule has 29 heavy (non-hydrogen) atoms. The van der Waals surface area contributed by atoms with Crippen LogP contribution in [-0.2, 0) is 16.6 Å². The number of nitrogens with one attached hydrogen (secondary N) is 1. The van der Waals surface area contributed by atoms with Crippen LogP contribution >= 0.6 is 0 Å². The first-order chi connectivity index (χ1) is 14.0. The quantitative estimate of drug-likeness (QED) is 0.611. The lowest BCUT2D eigenvalue weighted by atomic mass is 10.2. The van der Waals surface area contributed by atoms with Gasteiger partial charge in [0.05, 0.1) is 4.90 Å². The van der Waals surface area contributed by atoms with E-state index >= 15 is 0 Å². The lowest BCUT2D eigenvalue weighted by Gasteiger charge is -2.18. The molecule has 152 valence electrons. The molecular weight excluding hydrogens is 390 g/mol. The summed E-state index contributed by atoms with van der Waals surface area (Å²) in [6.07, 6.45) is 5.08. The number of aromatic nitrogens is 3. The summed E-state index contributed by atoms with van der Waals surface area (Å²) >= 11 is 0. The van der Waals surface area contributed by atoms with Crippen molar-refractivity contribution >= 4 is 15.9 Å².